The van der Waals surface area contributed by atoms with E-state index >= 15 is 0 Å². The molecule has 5 aliphatic rings. The second kappa shape index (κ2) is 17.4. The lowest BCUT2D eigenvalue weighted by Gasteiger charge is -2.48. The van der Waals surface area contributed by atoms with Crippen LogP contribution in [0.1, 0.15) is 80.1 Å². The molecular formula is C48H66N2O4S2Si2. The second-order valence-corrected chi connectivity index (χ2v) is 31.2. The Labute approximate surface area is 359 Å². The molecule has 6 nitrogen and oxygen atoms in total. The number of epoxide rings is 1. The van der Waals surface area contributed by atoms with Crippen molar-refractivity contribution in [2.75, 3.05) is 10.2 Å². The first-order valence-corrected chi connectivity index (χ1v) is 28.9. The molecule has 0 amide bonds. The Hall–Kier alpha value is -2.55. The van der Waals surface area contributed by atoms with Crippen LogP contribution in [0.3, 0.4) is 0 Å². The molecule has 3 heterocycles. The summed E-state index contributed by atoms with van der Waals surface area (Å²) in [5.41, 5.74) is 4.81. The molecule has 312 valence electrons. The number of nitrogens with one attached hydrogen (secondary N) is 1. The van der Waals surface area contributed by atoms with Gasteiger partial charge in [0.1, 0.15) is 6.10 Å². The van der Waals surface area contributed by atoms with Crippen molar-refractivity contribution in [1.82, 2.24) is 0 Å². The van der Waals surface area contributed by atoms with Crippen LogP contribution in [0, 0.1) is 0 Å². The molecule has 4 aromatic rings. The van der Waals surface area contributed by atoms with Crippen LogP contribution < -0.4 is 10.2 Å². The standard InChI is InChI=1S/C24H33NO2SSi.C12H9NS.C12H24O2Si/c1-24(2,3)29(4,5)27-20-14-10-13-19(23(20)26)25-17-11-6-8-15-21(17)28-22-16-9-7-12-18(22)25;1-3-7-11-9(5-1)13-10-6-2-4-8-12(10)14-11;1-12(2,3)15(4,5)14-10-8-6-7-9-11(10)13-9/h6-9,11-12,15-16,19-20,23,26H,10,13-14H2,1-5H3;1-8,13H;9-11H,6-8H2,1-5H3/t19?,20-,23+;;9?,10-,11+/m0.0/s1. The third-order valence-electron chi connectivity index (χ3n) is 13.3. The zero-order valence-electron chi connectivity index (χ0n) is 36.4. The van der Waals surface area contributed by atoms with Crippen molar-refractivity contribution in [3.05, 3.63) is 97.1 Å². The summed E-state index contributed by atoms with van der Waals surface area (Å²) in [7, 11) is -3.53. The highest BCUT2D eigenvalue weighted by atomic mass is 32.2. The molecule has 0 radical (unpaired) electrons. The predicted molar refractivity (Wildman–Crippen MR) is 250 cm³/mol. The Morgan fingerprint density at radius 2 is 1.03 bits per heavy atom. The Bertz CT molecular complexity index is 1900. The molecule has 3 aliphatic heterocycles. The number of fused-ring (bicyclic) bond motifs is 5. The smallest absolute Gasteiger partial charge is 0.192 e. The fourth-order valence-electron chi connectivity index (χ4n) is 7.84. The summed E-state index contributed by atoms with van der Waals surface area (Å²) >= 11 is 3.64. The summed E-state index contributed by atoms with van der Waals surface area (Å²) in [5.74, 6) is 0. The van der Waals surface area contributed by atoms with Gasteiger partial charge in [-0.2, -0.15) is 0 Å². The number of aliphatic hydroxyl groups excluding tert-OH is 1. The van der Waals surface area contributed by atoms with E-state index in [1.807, 2.05) is 23.5 Å². The lowest BCUT2D eigenvalue weighted by molar-refractivity contribution is -0.0132. The number of hydrogen-bond donors (Lipinski definition) is 2. The third-order valence-corrected chi connectivity index (χ3v) is 24.6. The van der Waals surface area contributed by atoms with Gasteiger partial charge in [0, 0.05) is 19.6 Å². The molecule has 0 spiro atoms. The van der Waals surface area contributed by atoms with Gasteiger partial charge in [-0.15, -0.1) is 0 Å². The molecule has 0 aromatic heterocycles. The predicted octanol–water partition coefficient (Wildman–Crippen LogP) is 13.8. The summed E-state index contributed by atoms with van der Waals surface area (Å²) in [4.78, 5) is 7.49. The van der Waals surface area contributed by atoms with Gasteiger partial charge in [-0.3, -0.25) is 0 Å². The summed E-state index contributed by atoms with van der Waals surface area (Å²) in [5, 5.41) is 15.4. The van der Waals surface area contributed by atoms with Crippen molar-refractivity contribution >= 4 is 62.9 Å². The number of rotatable bonds is 5. The Kier molecular flexibility index (Phi) is 13.1. The van der Waals surface area contributed by atoms with Gasteiger partial charge >= 0.3 is 0 Å². The minimum Gasteiger partial charge on any atom is -0.411 e. The maximum Gasteiger partial charge on any atom is 0.192 e. The van der Waals surface area contributed by atoms with Crippen LogP contribution >= 0.6 is 23.5 Å². The summed E-state index contributed by atoms with van der Waals surface area (Å²) in [6, 6.07) is 33.9. The van der Waals surface area contributed by atoms with Crippen LogP contribution in [0.5, 0.6) is 0 Å². The fourth-order valence-corrected chi connectivity index (χ4v) is 12.6. The van der Waals surface area contributed by atoms with E-state index in [0.29, 0.717) is 23.4 Å². The molecular weight excluding hydrogens is 789 g/mol. The SMILES string of the molecule is CC(C)(C)[Si](C)(C)O[C@H]1CCCC(N2c3ccccc3Sc3ccccc32)[C@H]1O.CC(C)(C)[Si](C)(C)O[C@H]1CCCC2O[C@H]21.c1ccc2c(c1)Nc1ccccc1S2. The maximum absolute atomic E-state index is 11.5. The van der Waals surface area contributed by atoms with Crippen molar-refractivity contribution in [2.45, 2.75) is 172 Å². The molecule has 0 bridgehead atoms. The molecule has 6 atom stereocenters. The molecule has 2 unspecified atom stereocenters. The highest BCUT2D eigenvalue weighted by Crippen LogP contribution is 2.51. The van der Waals surface area contributed by atoms with Crippen LogP contribution in [0.25, 0.3) is 0 Å². The van der Waals surface area contributed by atoms with Crippen molar-refractivity contribution in [3.8, 4) is 0 Å². The Balaban J connectivity index is 0.000000147. The first-order chi connectivity index (χ1) is 27.4. The largest absolute Gasteiger partial charge is 0.411 e. The minimum absolute atomic E-state index is 0.0294. The van der Waals surface area contributed by atoms with Gasteiger partial charge in [0.05, 0.1) is 53.2 Å². The molecule has 2 saturated carbocycles. The normalized spacial score (nSPS) is 24.8. The third kappa shape index (κ3) is 9.65. The van der Waals surface area contributed by atoms with Crippen molar-refractivity contribution in [1.29, 1.82) is 0 Å². The topological polar surface area (TPSA) is 66.5 Å². The van der Waals surface area contributed by atoms with Gasteiger partial charge in [0.2, 0.25) is 0 Å². The molecule has 1 saturated heterocycles. The molecule has 2 aliphatic carbocycles. The minimum atomic E-state index is -1.94. The average Bonchev–Trinajstić information content (AvgIpc) is 3.98. The van der Waals surface area contributed by atoms with E-state index in [-0.39, 0.29) is 17.2 Å². The van der Waals surface area contributed by atoms with Gasteiger partial charge in [-0.25, -0.2) is 0 Å². The van der Waals surface area contributed by atoms with Gasteiger partial charge < -0.3 is 28.9 Å². The first-order valence-electron chi connectivity index (χ1n) is 21.4. The number of anilines is 4. The number of para-hydroxylation sites is 4. The van der Waals surface area contributed by atoms with E-state index in [2.05, 4.69) is 175 Å². The van der Waals surface area contributed by atoms with Crippen LogP contribution in [0.15, 0.2) is 117 Å². The van der Waals surface area contributed by atoms with Crippen LogP contribution in [-0.4, -0.2) is 58.3 Å². The molecule has 10 heteroatoms. The molecule has 58 heavy (non-hydrogen) atoms. The first kappa shape index (κ1) is 43.5. The highest BCUT2D eigenvalue weighted by molar-refractivity contribution is 8.00. The van der Waals surface area contributed by atoms with E-state index in [4.69, 9.17) is 13.6 Å². The van der Waals surface area contributed by atoms with Gasteiger partial charge in [0.25, 0.3) is 0 Å². The number of ether oxygens (including phenoxy) is 1. The summed E-state index contributed by atoms with van der Waals surface area (Å²) < 4.78 is 18.8. The number of nitrogens with zero attached hydrogens (tertiary/aromatic N) is 1. The van der Waals surface area contributed by atoms with E-state index < -0.39 is 22.7 Å². The van der Waals surface area contributed by atoms with Gasteiger partial charge in [0.15, 0.2) is 16.6 Å². The van der Waals surface area contributed by atoms with Gasteiger partial charge in [-0.1, -0.05) is 114 Å². The number of benzene rings is 4. The van der Waals surface area contributed by atoms with Crippen LogP contribution in [-0.2, 0) is 13.6 Å². The number of aliphatic hydroxyl groups is 1. The molecule has 3 fully saturated rings. The lowest BCUT2D eigenvalue weighted by atomic mass is 9.88. The zero-order chi connectivity index (χ0) is 41.5. The van der Waals surface area contributed by atoms with Crippen molar-refractivity contribution < 1.29 is 18.7 Å². The Morgan fingerprint density at radius 3 is 1.57 bits per heavy atom. The molecule has 2 N–H and O–H groups in total. The van der Waals surface area contributed by atoms with Crippen LogP contribution in [0.2, 0.25) is 36.3 Å². The average molecular weight is 855 g/mol. The van der Waals surface area contributed by atoms with E-state index in [9.17, 15) is 5.11 Å². The van der Waals surface area contributed by atoms with E-state index in [0.717, 1.165) is 19.3 Å². The second-order valence-electron chi connectivity index (χ2n) is 19.5. The van der Waals surface area contributed by atoms with E-state index in [1.54, 1.807) is 0 Å². The van der Waals surface area contributed by atoms with E-state index in [1.165, 1.54) is 61.6 Å². The summed E-state index contributed by atoms with van der Waals surface area (Å²) in [6.45, 7) is 22.9. The fraction of sp³-hybridized carbons (Fsp3) is 0.500. The maximum atomic E-state index is 11.5. The Morgan fingerprint density at radius 1 is 0.603 bits per heavy atom. The van der Waals surface area contributed by atoms with Crippen molar-refractivity contribution in [3.63, 3.8) is 0 Å². The van der Waals surface area contributed by atoms with Gasteiger partial charge in [-0.05, 0) is 123 Å². The lowest BCUT2D eigenvalue weighted by Crippen LogP contribution is -2.55. The molecule has 9 rings (SSSR count). The summed E-state index contributed by atoms with van der Waals surface area (Å²) in [6.07, 6.45) is 7.50. The number of hydrogen-bond acceptors (Lipinski definition) is 8. The highest BCUT2D eigenvalue weighted by Gasteiger charge is 2.51. The monoisotopic (exact) mass is 854 g/mol. The zero-order valence-corrected chi connectivity index (χ0v) is 40.0. The van der Waals surface area contributed by atoms with Crippen molar-refractivity contribution in [2.24, 2.45) is 0 Å². The quantitative estimate of drug-likeness (QED) is 0.134. The molecule has 4 aromatic carbocycles. The van der Waals surface area contributed by atoms with Crippen LogP contribution in [0.4, 0.5) is 22.7 Å².